The molecule has 1 unspecified atom stereocenters. The van der Waals surface area contributed by atoms with E-state index in [0.717, 1.165) is 11.8 Å². The van der Waals surface area contributed by atoms with Gasteiger partial charge in [-0.15, -0.1) is 0 Å². The highest BCUT2D eigenvalue weighted by atomic mass is 16.3. The number of rotatable bonds is 0. The van der Waals surface area contributed by atoms with Crippen LogP contribution in [0.4, 0.5) is 0 Å². The highest BCUT2D eigenvalue weighted by Gasteiger charge is 2.67. The van der Waals surface area contributed by atoms with Gasteiger partial charge in [0, 0.05) is 0 Å². The molecule has 1 spiro atoms. The largest absolute Gasteiger partial charge is 0.392 e. The second kappa shape index (κ2) is 2.85. The zero-order chi connectivity index (χ0) is 11.8. The van der Waals surface area contributed by atoms with Gasteiger partial charge in [-0.1, -0.05) is 27.7 Å². The quantitative estimate of drug-likeness (QED) is 0.664. The van der Waals surface area contributed by atoms with Crippen molar-refractivity contribution in [2.24, 2.45) is 28.1 Å². The van der Waals surface area contributed by atoms with Gasteiger partial charge >= 0.3 is 0 Å². The number of hydrogen-bond acceptors (Lipinski definition) is 1. The van der Waals surface area contributed by atoms with Crippen molar-refractivity contribution < 1.29 is 5.11 Å². The average Bonchev–Trinajstić information content (AvgIpc) is 2.69. The lowest BCUT2D eigenvalue weighted by molar-refractivity contribution is -0.138. The zero-order valence-electron chi connectivity index (χ0n) is 11.2. The standard InChI is InChI=1S/C15H26O/c1-10-5-6-11-13(2,3)12(16)14(4)7-8-15(10,11)9-14/h10-12,16H,5-9H2,1-4H3/t10-,11?,12-,14+,15-/m1/s1. The van der Waals surface area contributed by atoms with Crippen molar-refractivity contribution in [2.45, 2.75) is 65.9 Å². The third-order valence-corrected chi connectivity index (χ3v) is 6.72. The van der Waals surface area contributed by atoms with Gasteiger partial charge in [-0.3, -0.25) is 0 Å². The molecule has 0 aliphatic heterocycles. The molecule has 1 nitrogen and oxygen atoms in total. The molecular weight excluding hydrogens is 196 g/mol. The molecule has 0 aromatic rings. The van der Waals surface area contributed by atoms with Crippen LogP contribution in [0.15, 0.2) is 0 Å². The van der Waals surface area contributed by atoms with Crippen molar-refractivity contribution in [3.63, 3.8) is 0 Å². The summed E-state index contributed by atoms with van der Waals surface area (Å²) in [4.78, 5) is 0. The summed E-state index contributed by atoms with van der Waals surface area (Å²) in [5.74, 6) is 1.65. The van der Waals surface area contributed by atoms with Gasteiger partial charge < -0.3 is 5.11 Å². The molecular formula is C15H26O. The molecule has 16 heavy (non-hydrogen) atoms. The molecule has 0 saturated heterocycles. The molecule has 3 aliphatic carbocycles. The average molecular weight is 222 g/mol. The molecule has 1 N–H and O–H groups in total. The Morgan fingerprint density at radius 3 is 2.44 bits per heavy atom. The van der Waals surface area contributed by atoms with Crippen molar-refractivity contribution in [2.75, 3.05) is 0 Å². The summed E-state index contributed by atoms with van der Waals surface area (Å²) in [5.41, 5.74) is 0.921. The Morgan fingerprint density at radius 1 is 1.06 bits per heavy atom. The van der Waals surface area contributed by atoms with Gasteiger partial charge in [0.1, 0.15) is 0 Å². The van der Waals surface area contributed by atoms with Gasteiger partial charge in [0.25, 0.3) is 0 Å². The molecule has 2 bridgehead atoms. The fourth-order valence-corrected chi connectivity index (χ4v) is 5.93. The van der Waals surface area contributed by atoms with E-state index in [1.165, 1.54) is 32.1 Å². The summed E-state index contributed by atoms with van der Waals surface area (Å²) in [6.45, 7) is 9.42. The fourth-order valence-electron chi connectivity index (χ4n) is 5.93. The summed E-state index contributed by atoms with van der Waals surface area (Å²) in [6.07, 6.45) is 6.55. The van der Waals surface area contributed by atoms with E-state index < -0.39 is 0 Å². The maximum Gasteiger partial charge on any atom is 0.0647 e. The van der Waals surface area contributed by atoms with Gasteiger partial charge in [-0.2, -0.15) is 0 Å². The third-order valence-electron chi connectivity index (χ3n) is 6.72. The van der Waals surface area contributed by atoms with Crippen molar-refractivity contribution in [1.82, 2.24) is 0 Å². The van der Waals surface area contributed by atoms with E-state index in [9.17, 15) is 5.11 Å². The van der Waals surface area contributed by atoms with E-state index in [4.69, 9.17) is 0 Å². The normalized spacial score (nSPS) is 58.7. The fraction of sp³-hybridized carbons (Fsp3) is 1.00. The molecule has 0 aromatic carbocycles. The number of aliphatic hydroxyl groups excluding tert-OH is 1. The van der Waals surface area contributed by atoms with Crippen LogP contribution < -0.4 is 0 Å². The molecule has 1 heteroatoms. The molecule has 0 amide bonds. The zero-order valence-corrected chi connectivity index (χ0v) is 11.2. The van der Waals surface area contributed by atoms with Gasteiger partial charge in [-0.25, -0.2) is 0 Å². The summed E-state index contributed by atoms with van der Waals surface area (Å²) in [6, 6.07) is 0. The topological polar surface area (TPSA) is 20.2 Å². The Balaban J connectivity index is 2.10. The minimum absolute atomic E-state index is 0.0917. The van der Waals surface area contributed by atoms with Crippen LogP contribution in [-0.2, 0) is 0 Å². The second-order valence-electron chi connectivity index (χ2n) is 7.82. The van der Waals surface area contributed by atoms with Crippen LogP contribution in [0.5, 0.6) is 0 Å². The van der Waals surface area contributed by atoms with Crippen LogP contribution in [-0.4, -0.2) is 11.2 Å². The van der Waals surface area contributed by atoms with Crippen molar-refractivity contribution >= 4 is 0 Å². The predicted octanol–water partition coefficient (Wildman–Crippen LogP) is 3.61. The lowest BCUT2D eigenvalue weighted by Gasteiger charge is -2.55. The highest BCUT2D eigenvalue weighted by molar-refractivity contribution is 5.16. The van der Waals surface area contributed by atoms with Crippen LogP contribution in [0.25, 0.3) is 0 Å². The molecule has 5 atom stereocenters. The lowest BCUT2D eigenvalue weighted by Crippen LogP contribution is -2.54. The van der Waals surface area contributed by atoms with Crippen LogP contribution >= 0.6 is 0 Å². The maximum atomic E-state index is 10.7. The summed E-state index contributed by atoms with van der Waals surface area (Å²) < 4.78 is 0. The Labute approximate surface area is 99.6 Å². The minimum Gasteiger partial charge on any atom is -0.392 e. The van der Waals surface area contributed by atoms with Gasteiger partial charge in [0.2, 0.25) is 0 Å². The smallest absolute Gasteiger partial charge is 0.0647 e. The van der Waals surface area contributed by atoms with E-state index in [2.05, 4.69) is 27.7 Å². The molecule has 3 rings (SSSR count). The number of hydrogen-bond donors (Lipinski definition) is 1. The first kappa shape index (κ1) is 11.1. The molecule has 0 radical (unpaired) electrons. The van der Waals surface area contributed by atoms with E-state index in [1.54, 1.807) is 0 Å². The van der Waals surface area contributed by atoms with E-state index >= 15 is 0 Å². The summed E-state index contributed by atoms with van der Waals surface area (Å²) in [5, 5.41) is 10.7. The van der Waals surface area contributed by atoms with Crippen molar-refractivity contribution in [3.05, 3.63) is 0 Å². The third kappa shape index (κ3) is 1.02. The molecule has 3 aliphatic rings. The predicted molar refractivity (Wildman–Crippen MR) is 66.1 cm³/mol. The van der Waals surface area contributed by atoms with Gasteiger partial charge in [0.05, 0.1) is 6.10 Å². The van der Waals surface area contributed by atoms with Gasteiger partial charge in [0.15, 0.2) is 0 Å². The Hall–Kier alpha value is -0.0400. The molecule has 3 fully saturated rings. The maximum absolute atomic E-state index is 10.7. The minimum atomic E-state index is -0.0917. The molecule has 0 heterocycles. The van der Waals surface area contributed by atoms with Crippen molar-refractivity contribution in [3.8, 4) is 0 Å². The van der Waals surface area contributed by atoms with E-state index in [1.807, 2.05) is 0 Å². The van der Waals surface area contributed by atoms with Crippen molar-refractivity contribution in [1.29, 1.82) is 0 Å². The lowest BCUT2D eigenvalue weighted by atomic mass is 9.51. The van der Waals surface area contributed by atoms with Crippen LogP contribution in [0.3, 0.4) is 0 Å². The van der Waals surface area contributed by atoms with E-state index in [-0.39, 0.29) is 16.9 Å². The van der Waals surface area contributed by atoms with Crippen LogP contribution in [0, 0.1) is 28.1 Å². The summed E-state index contributed by atoms with van der Waals surface area (Å²) in [7, 11) is 0. The Morgan fingerprint density at radius 2 is 1.75 bits per heavy atom. The van der Waals surface area contributed by atoms with Crippen LogP contribution in [0.2, 0.25) is 0 Å². The first-order valence-corrected chi connectivity index (χ1v) is 7.01. The molecule has 92 valence electrons. The first-order chi connectivity index (χ1) is 7.33. The molecule has 3 saturated carbocycles. The highest BCUT2D eigenvalue weighted by Crippen LogP contribution is 2.72. The second-order valence-corrected chi connectivity index (χ2v) is 7.82. The number of aliphatic hydroxyl groups is 1. The summed E-state index contributed by atoms with van der Waals surface area (Å²) >= 11 is 0. The SMILES string of the molecule is C[C@@H]1CCC2C(C)(C)[C@@H](O)[C@@]3(C)CC[C@]21C3. The Kier molecular flexibility index (Phi) is 1.98. The first-order valence-electron chi connectivity index (χ1n) is 7.01. The van der Waals surface area contributed by atoms with E-state index in [0.29, 0.717) is 5.41 Å². The number of fused-ring (bicyclic) bond motifs is 1. The van der Waals surface area contributed by atoms with Crippen LogP contribution in [0.1, 0.15) is 59.8 Å². The monoisotopic (exact) mass is 222 g/mol. The van der Waals surface area contributed by atoms with Gasteiger partial charge in [-0.05, 0) is 60.2 Å². The Bertz CT molecular complexity index is 321. The molecule has 0 aromatic heterocycles.